The fourth-order valence-corrected chi connectivity index (χ4v) is 2.22. The van der Waals surface area contributed by atoms with Gasteiger partial charge in [0.05, 0.1) is 0 Å². The third kappa shape index (κ3) is 4.09. The Kier molecular flexibility index (Phi) is 4.32. The van der Waals surface area contributed by atoms with Gasteiger partial charge in [-0.15, -0.1) is 0 Å². The number of benzene rings is 2. The summed E-state index contributed by atoms with van der Waals surface area (Å²) in [4.78, 5) is 0. The molecule has 0 bridgehead atoms. The van der Waals surface area contributed by atoms with E-state index in [1.54, 1.807) is 0 Å². The highest BCUT2D eigenvalue weighted by Crippen LogP contribution is 2.27. The number of nitrogens with one attached hydrogen (secondary N) is 2. The van der Waals surface area contributed by atoms with Crippen LogP contribution in [0.4, 0.5) is 0 Å². The highest BCUT2D eigenvalue weighted by molar-refractivity contribution is 5.74. The predicted molar refractivity (Wildman–Crippen MR) is 89.3 cm³/mol. The molecule has 0 aliphatic carbocycles. The van der Waals surface area contributed by atoms with Crippen molar-refractivity contribution in [3.05, 3.63) is 59.7 Å². The van der Waals surface area contributed by atoms with Gasteiger partial charge >= 0.3 is 0 Å². The molecule has 3 heteroatoms. The van der Waals surface area contributed by atoms with Gasteiger partial charge in [-0.3, -0.25) is 5.41 Å². The van der Waals surface area contributed by atoms with Gasteiger partial charge in [-0.25, -0.2) is 0 Å². The molecule has 0 unspecified atom stereocenters. The van der Waals surface area contributed by atoms with E-state index in [1.165, 1.54) is 16.7 Å². The van der Waals surface area contributed by atoms with E-state index in [1.807, 2.05) is 12.1 Å². The SMILES string of the molecule is CC(C)(C)c1cccc(-c2cccc(CNC(=N)N)c2)c1. The van der Waals surface area contributed by atoms with Crippen LogP contribution in [0.5, 0.6) is 0 Å². The van der Waals surface area contributed by atoms with Crippen molar-refractivity contribution in [2.75, 3.05) is 0 Å². The van der Waals surface area contributed by atoms with Gasteiger partial charge in [0.2, 0.25) is 0 Å². The molecule has 0 saturated carbocycles. The first-order chi connectivity index (χ1) is 9.86. The minimum absolute atomic E-state index is 0.00451. The van der Waals surface area contributed by atoms with Gasteiger partial charge < -0.3 is 11.1 Å². The maximum atomic E-state index is 7.22. The second-order valence-electron chi connectivity index (χ2n) is 6.30. The second kappa shape index (κ2) is 6.00. The largest absolute Gasteiger partial charge is 0.370 e. The van der Waals surface area contributed by atoms with Crippen molar-refractivity contribution in [2.45, 2.75) is 32.7 Å². The maximum Gasteiger partial charge on any atom is 0.185 e. The quantitative estimate of drug-likeness (QED) is 0.594. The third-order valence-electron chi connectivity index (χ3n) is 3.47. The standard InChI is InChI=1S/C18H23N3/c1-18(2,3)16-9-5-8-15(11-16)14-7-4-6-13(10-14)12-21-17(19)20/h4-11H,12H2,1-3H3,(H4,19,20,21). The van der Waals surface area contributed by atoms with E-state index in [4.69, 9.17) is 11.1 Å². The highest BCUT2D eigenvalue weighted by Gasteiger charge is 2.13. The summed E-state index contributed by atoms with van der Waals surface area (Å²) >= 11 is 0. The number of guanidine groups is 1. The van der Waals surface area contributed by atoms with Crippen molar-refractivity contribution in [3.8, 4) is 11.1 Å². The van der Waals surface area contributed by atoms with Crippen LogP contribution < -0.4 is 11.1 Å². The summed E-state index contributed by atoms with van der Waals surface area (Å²) in [6, 6.07) is 17.0. The van der Waals surface area contributed by atoms with E-state index in [-0.39, 0.29) is 11.4 Å². The van der Waals surface area contributed by atoms with Crippen molar-refractivity contribution < 1.29 is 0 Å². The molecule has 0 amide bonds. The van der Waals surface area contributed by atoms with Gasteiger partial charge in [-0.2, -0.15) is 0 Å². The molecule has 0 fully saturated rings. The lowest BCUT2D eigenvalue weighted by Crippen LogP contribution is -2.29. The minimum atomic E-state index is -0.00451. The molecule has 0 aromatic heterocycles. The molecule has 0 saturated heterocycles. The van der Waals surface area contributed by atoms with E-state index in [0.717, 1.165) is 5.56 Å². The lowest BCUT2D eigenvalue weighted by atomic mass is 9.85. The number of rotatable bonds is 3. The van der Waals surface area contributed by atoms with Crippen molar-refractivity contribution in [3.63, 3.8) is 0 Å². The molecular formula is C18H23N3. The Bertz CT molecular complexity index is 639. The first kappa shape index (κ1) is 15.1. The van der Waals surface area contributed by atoms with E-state index >= 15 is 0 Å². The summed E-state index contributed by atoms with van der Waals surface area (Å²) in [5, 5.41) is 10.1. The summed E-state index contributed by atoms with van der Waals surface area (Å²) in [7, 11) is 0. The van der Waals surface area contributed by atoms with Gasteiger partial charge in [0.1, 0.15) is 0 Å². The molecule has 0 aliphatic rings. The smallest absolute Gasteiger partial charge is 0.185 e. The summed E-state index contributed by atoms with van der Waals surface area (Å²) in [5.74, 6) is -0.00451. The van der Waals surface area contributed by atoms with Crippen LogP contribution in [0, 0.1) is 5.41 Å². The molecule has 0 heterocycles. The van der Waals surface area contributed by atoms with Crippen molar-refractivity contribution in [1.82, 2.24) is 5.32 Å². The van der Waals surface area contributed by atoms with Crippen LogP contribution in [-0.2, 0) is 12.0 Å². The normalized spacial score (nSPS) is 11.2. The Hall–Kier alpha value is -2.29. The predicted octanol–water partition coefficient (Wildman–Crippen LogP) is 3.63. The summed E-state index contributed by atoms with van der Waals surface area (Å²) in [6.45, 7) is 7.24. The molecule has 2 aromatic carbocycles. The van der Waals surface area contributed by atoms with Crippen LogP contribution in [0.2, 0.25) is 0 Å². The Labute approximate surface area is 126 Å². The monoisotopic (exact) mass is 281 g/mol. The average molecular weight is 281 g/mol. The van der Waals surface area contributed by atoms with Crippen LogP contribution in [0.3, 0.4) is 0 Å². The van der Waals surface area contributed by atoms with Crippen molar-refractivity contribution in [2.24, 2.45) is 5.73 Å². The summed E-state index contributed by atoms with van der Waals surface area (Å²) in [5.41, 5.74) is 10.3. The molecule has 4 N–H and O–H groups in total. The highest BCUT2D eigenvalue weighted by atomic mass is 15.0. The van der Waals surface area contributed by atoms with Gasteiger partial charge in [-0.1, -0.05) is 63.2 Å². The Balaban J connectivity index is 2.30. The lowest BCUT2D eigenvalue weighted by molar-refractivity contribution is 0.590. The fourth-order valence-electron chi connectivity index (χ4n) is 2.22. The average Bonchev–Trinajstić information content (AvgIpc) is 2.45. The van der Waals surface area contributed by atoms with Crippen LogP contribution in [0.1, 0.15) is 31.9 Å². The Morgan fingerprint density at radius 3 is 2.29 bits per heavy atom. The topological polar surface area (TPSA) is 61.9 Å². The number of nitrogens with two attached hydrogens (primary N) is 1. The number of hydrogen-bond donors (Lipinski definition) is 3. The Morgan fingerprint density at radius 2 is 1.67 bits per heavy atom. The molecule has 110 valence electrons. The van der Waals surface area contributed by atoms with E-state index < -0.39 is 0 Å². The molecule has 0 atom stereocenters. The van der Waals surface area contributed by atoms with Gasteiger partial charge in [0, 0.05) is 6.54 Å². The fraction of sp³-hybridized carbons (Fsp3) is 0.278. The van der Waals surface area contributed by atoms with Crippen LogP contribution in [0.15, 0.2) is 48.5 Å². The molecule has 0 spiro atoms. The van der Waals surface area contributed by atoms with Crippen LogP contribution in [0.25, 0.3) is 11.1 Å². The Morgan fingerprint density at radius 1 is 1.05 bits per heavy atom. The molecule has 21 heavy (non-hydrogen) atoms. The first-order valence-corrected chi connectivity index (χ1v) is 7.14. The molecule has 0 radical (unpaired) electrons. The van der Waals surface area contributed by atoms with Gasteiger partial charge in [0.25, 0.3) is 0 Å². The zero-order valence-electron chi connectivity index (χ0n) is 12.9. The molecule has 2 aromatic rings. The molecule has 0 aliphatic heterocycles. The molecular weight excluding hydrogens is 258 g/mol. The zero-order valence-corrected chi connectivity index (χ0v) is 12.9. The zero-order chi connectivity index (χ0) is 15.5. The lowest BCUT2D eigenvalue weighted by Gasteiger charge is -2.20. The van der Waals surface area contributed by atoms with E-state index in [2.05, 4.69) is 62.5 Å². The maximum absolute atomic E-state index is 7.22. The third-order valence-corrected chi connectivity index (χ3v) is 3.47. The second-order valence-corrected chi connectivity index (χ2v) is 6.30. The van der Waals surface area contributed by atoms with Crippen molar-refractivity contribution >= 4 is 5.96 Å². The van der Waals surface area contributed by atoms with Gasteiger partial charge in [-0.05, 0) is 33.7 Å². The van der Waals surface area contributed by atoms with Crippen LogP contribution in [-0.4, -0.2) is 5.96 Å². The van der Waals surface area contributed by atoms with Gasteiger partial charge in [0.15, 0.2) is 5.96 Å². The van der Waals surface area contributed by atoms with E-state index in [9.17, 15) is 0 Å². The minimum Gasteiger partial charge on any atom is -0.370 e. The molecule has 3 nitrogen and oxygen atoms in total. The van der Waals surface area contributed by atoms with Crippen molar-refractivity contribution in [1.29, 1.82) is 5.41 Å². The summed E-state index contributed by atoms with van der Waals surface area (Å²) in [6.07, 6.45) is 0. The summed E-state index contributed by atoms with van der Waals surface area (Å²) < 4.78 is 0. The van der Waals surface area contributed by atoms with E-state index in [0.29, 0.717) is 6.54 Å². The molecule has 2 rings (SSSR count). The first-order valence-electron chi connectivity index (χ1n) is 7.14. The van der Waals surface area contributed by atoms with Crippen LogP contribution >= 0.6 is 0 Å². The number of hydrogen-bond acceptors (Lipinski definition) is 1.